The van der Waals surface area contributed by atoms with Gasteiger partial charge < -0.3 is 5.32 Å². The van der Waals surface area contributed by atoms with Crippen LogP contribution in [0.3, 0.4) is 0 Å². The van der Waals surface area contributed by atoms with Gasteiger partial charge in [-0.2, -0.15) is 11.3 Å². The second-order valence-corrected chi connectivity index (χ2v) is 5.44. The molecule has 1 N–H and O–H groups in total. The van der Waals surface area contributed by atoms with Gasteiger partial charge in [0.2, 0.25) is 5.91 Å². The predicted octanol–water partition coefficient (Wildman–Crippen LogP) is 3.22. The van der Waals surface area contributed by atoms with Crippen LogP contribution in [0, 0.1) is 5.92 Å². The molecule has 0 saturated heterocycles. The molecule has 16 heavy (non-hydrogen) atoms. The maximum Gasteiger partial charge on any atom is 0.224 e. The fourth-order valence-electron chi connectivity index (χ4n) is 1.50. The van der Waals surface area contributed by atoms with Gasteiger partial charge in [-0.25, -0.2) is 0 Å². The number of rotatable bonds is 7. The number of halogens is 1. The van der Waals surface area contributed by atoms with E-state index in [4.69, 9.17) is 0 Å². The molecule has 1 aromatic rings. The summed E-state index contributed by atoms with van der Waals surface area (Å²) in [4.78, 5) is 11.6. The van der Waals surface area contributed by atoms with E-state index in [0.29, 0.717) is 12.3 Å². The first-order valence-electron chi connectivity index (χ1n) is 5.60. The summed E-state index contributed by atoms with van der Waals surface area (Å²) in [5, 5.41) is 8.03. The molecule has 0 bridgehead atoms. The predicted molar refractivity (Wildman–Crippen MR) is 73.2 cm³/mol. The molecule has 0 radical (unpaired) electrons. The number of hydrogen-bond donors (Lipinski definition) is 1. The summed E-state index contributed by atoms with van der Waals surface area (Å²) in [6.07, 6.45) is 2.74. The van der Waals surface area contributed by atoms with E-state index in [1.54, 1.807) is 11.3 Å². The molecule has 4 heteroatoms. The summed E-state index contributed by atoms with van der Waals surface area (Å²) >= 11 is 5.07. The van der Waals surface area contributed by atoms with Crippen molar-refractivity contribution in [1.29, 1.82) is 0 Å². The van der Waals surface area contributed by atoms with Gasteiger partial charge in [0.1, 0.15) is 0 Å². The quantitative estimate of drug-likeness (QED) is 0.770. The molecule has 1 unspecified atom stereocenters. The van der Waals surface area contributed by atoms with Gasteiger partial charge >= 0.3 is 0 Å². The molecule has 1 amide bonds. The van der Waals surface area contributed by atoms with Crippen LogP contribution in [-0.4, -0.2) is 17.8 Å². The van der Waals surface area contributed by atoms with E-state index < -0.39 is 0 Å². The zero-order valence-electron chi connectivity index (χ0n) is 9.54. The van der Waals surface area contributed by atoms with Crippen molar-refractivity contribution in [2.45, 2.75) is 26.2 Å². The van der Waals surface area contributed by atoms with Crippen LogP contribution in [0.1, 0.15) is 25.3 Å². The topological polar surface area (TPSA) is 29.1 Å². The number of hydrogen-bond acceptors (Lipinski definition) is 2. The van der Waals surface area contributed by atoms with E-state index in [0.717, 1.165) is 30.3 Å². The Morgan fingerprint density at radius 2 is 2.44 bits per heavy atom. The second kappa shape index (κ2) is 7.85. The Balaban J connectivity index is 2.24. The number of carbonyl (C=O) groups excluding carboxylic acids is 1. The molecule has 0 spiro atoms. The number of thiophene rings is 1. The Bertz CT molecular complexity index is 300. The molecule has 0 aliphatic carbocycles. The highest BCUT2D eigenvalue weighted by Gasteiger charge is 2.08. The highest BCUT2D eigenvalue weighted by Crippen LogP contribution is 2.09. The van der Waals surface area contributed by atoms with Gasteiger partial charge in [0.25, 0.3) is 0 Å². The normalized spacial score (nSPS) is 12.4. The summed E-state index contributed by atoms with van der Waals surface area (Å²) in [7, 11) is 0. The van der Waals surface area contributed by atoms with Crippen molar-refractivity contribution < 1.29 is 4.79 Å². The third kappa shape index (κ3) is 5.12. The number of alkyl halides is 1. The first-order valence-corrected chi connectivity index (χ1v) is 7.66. The second-order valence-electron chi connectivity index (χ2n) is 3.86. The average molecular weight is 304 g/mol. The molecule has 2 nitrogen and oxygen atoms in total. The van der Waals surface area contributed by atoms with Crippen LogP contribution in [0.4, 0.5) is 0 Å². The Morgan fingerprint density at radius 1 is 1.62 bits per heavy atom. The third-order valence-corrected chi connectivity index (χ3v) is 3.82. The molecular formula is C12H18BrNOS. The minimum absolute atomic E-state index is 0.131. The maximum absolute atomic E-state index is 11.6. The van der Waals surface area contributed by atoms with Crippen molar-refractivity contribution in [3.05, 3.63) is 22.4 Å². The largest absolute Gasteiger partial charge is 0.356 e. The zero-order chi connectivity index (χ0) is 11.8. The molecule has 0 aliphatic heterocycles. The van der Waals surface area contributed by atoms with Gasteiger partial charge in [-0.1, -0.05) is 29.3 Å². The third-order valence-electron chi connectivity index (χ3n) is 2.63. The van der Waals surface area contributed by atoms with Crippen molar-refractivity contribution >= 4 is 33.2 Å². The first kappa shape index (κ1) is 13.7. The Hall–Kier alpha value is -0.350. The molecule has 1 heterocycles. The van der Waals surface area contributed by atoms with E-state index in [2.05, 4.69) is 28.2 Å². The van der Waals surface area contributed by atoms with Crippen LogP contribution in [0.5, 0.6) is 0 Å². The first-order chi connectivity index (χ1) is 7.76. The minimum atomic E-state index is 0.131. The van der Waals surface area contributed by atoms with E-state index in [1.807, 2.05) is 16.8 Å². The molecular weight excluding hydrogens is 286 g/mol. The van der Waals surface area contributed by atoms with E-state index >= 15 is 0 Å². The lowest BCUT2D eigenvalue weighted by molar-refractivity contribution is -0.120. The van der Waals surface area contributed by atoms with Gasteiger partial charge in [0, 0.05) is 11.9 Å². The molecule has 0 aromatic carbocycles. The van der Waals surface area contributed by atoms with Crippen molar-refractivity contribution in [3.8, 4) is 0 Å². The van der Waals surface area contributed by atoms with Crippen LogP contribution in [-0.2, 0) is 11.2 Å². The smallest absolute Gasteiger partial charge is 0.224 e. The highest BCUT2D eigenvalue weighted by atomic mass is 79.9. The number of amides is 1. The summed E-state index contributed by atoms with van der Waals surface area (Å²) in [5.74, 6) is 0.720. The highest BCUT2D eigenvalue weighted by molar-refractivity contribution is 9.09. The Labute approximate surface area is 110 Å². The van der Waals surface area contributed by atoms with E-state index in [1.165, 1.54) is 0 Å². The Morgan fingerprint density at radius 3 is 3.00 bits per heavy atom. The van der Waals surface area contributed by atoms with E-state index in [-0.39, 0.29) is 5.91 Å². The molecule has 0 fully saturated rings. The summed E-state index contributed by atoms with van der Waals surface area (Å²) in [5.41, 5.74) is 1.11. The van der Waals surface area contributed by atoms with Crippen LogP contribution in [0.15, 0.2) is 16.8 Å². The molecule has 0 aliphatic rings. The number of carbonyl (C=O) groups is 1. The monoisotopic (exact) mass is 303 g/mol. The standard InChI is InChI=1S/C12H18BrNOS/c1-2-10(3-5-13)8-14-12(15)7-11-4-6-16-9-11/h4,6,9-10H,2-3,5,7-8H2,1H3,(H,14,15). The molecule has 1 rings (SSSR count). The lowest BCUT2D eigenvalue weighted by atomic mass is 10.0. The maximum atomic E-state index is 11.6. The van der Waals surface area contributed by atoms with Gasteiger partial charge in [0.15, 0.2) is 0 Å². The molecule has 1 atom stereocenters. The Kier molecular flexibility index (Phi) is 6.73. The van der Waals surface area contributed by atoms with Crippen LogP contribution in [0.2, 0.25) is 0 Å². The van der Waals surface area contributed by atoms with Gasteiger partial charge in [0.05, 0.1) is 6.42 Å². The van der Waals surface area contributed by atoms with Crippen molar-refractivity contribution in [3.63, 3.8) is 0 Å². The fraction of sp³-hybridized carbons (Fsp3) is 0.583. The minimum Gasteiger partial charge on any atom is -0.356 e. The fourth-order valence-corrected chi connectivity index (χ4v) is 2.82. The van der Waals surface area contributed by atoms with Crippen LogP contribution < -0.4 is 5.32 Å². The van der Waals surface area contributed by atoms with Crippen molar-refractivity contribution in [2.75, 3.05) is 11.9 Å². The summed E-state index contributed by atoms with van der Waals surface area (Å²) in [6, 6.07) is 2.00. The van der Waals surface area contributed by atoms with E-state index in [9.17, 15) is 4.79 Å². The van der Waals surface area contributed by atoms with Crippen LogP contribution in [0.25, 0.3) is 0 Å². The summed E-state index contributed by atoms with van der Waals surface area (Å²) in [6.45, 7) is 2.96. The van der Waals surface area contributed by atoms with Gasteiger partial charge in [-0.3, -0.25) is 4.79 Å². The SMILES string of the molecule is CCC(CCBr)CNC(=O)Cc1ccsc1. The van der Waals surface area contributed by atoms with Gasteiger partial charge in [-0.05, 0) is 34.7 Å². The molecule has 1 aromatic heterocycles. The van der Waals surface area contributed by atoms with Gasteiger partial charge in [-0.15, -0.1) is 0 Å². The lowest BCUT2D eigenvalue weighted by Gasteiger charge is -2.13. The molecule has 0 saturated carbocycles. The average Bonchev–Trinajstić information content (AvgIpc) is 2.76. The summed E-state index contributed by atoms with van der Waals surface area (Å²) < 4.78 is 0. The molecule has 90 valence electrons. The number of nitrogens with one attached hydrogen (secondary N) is 1. The van der Waals surface area contributed by atoms with Crippen molar-refractivity contribution in [1.82, 2.24) is 5.32 Å². The lowest BCUT2D eigenvalue weighted by Crippen LogP contribution is -2.30. The zero-order valence-corrected chi connectivity index (χ0v) is 11.9. The van der Waals surface area contributed by atoms with Crippen molar-refractivity contribution in [2.24, 2.45) is 5.92 Å². The van der Waals surface area contributed by atoms with Crippen LogP contribution >= 0.6 is 27.3 Å².